The van der Waals surface area contributed by atoms with Gasteiger partial charge in [0.15, 0.2) is 0 Å². The van der Waals surface area contributed by atoms with E-state index in [-0.39, 0.29) is 42.6 Å². The van der Waals surface area contributed by atoms with Crippen LogP contribution in [0, 0.1) is 5.82 Å². The van der Waals surface area contributed by atoms with Gasteiger partial charge in [-0.25, -0.2) is 18.7 Å². The number of phosphoric acid groups is 1. The molecule has 1 saturated heterocycles. The third-order valence-corrected chi connectivity index (χ3v) is 10.2. The Hall–Kier alpha value is -0.780. The van der Waals surface area contributed by atoms with Crippen LogP contribution in [-0.4, -0.2) is 80.0 Å². The fourth-order valence-corrected chi connectivity index (χ4v) is 6.62. The first-order chi connectivity index (χ1) is 23.8. The molecule has 1 fully saturated rings. The number of aromatic nitrogens is 2. The van der Waals surface area contributed by atoms with Crippen LogP contribution < -0.4 is 40.8 Å². The van der Waals surface area contributed by atoms with Crippen LogP contribution in [-0.2, 0) is 32.2 Å². The average Bonchev–Trinajstić information content (AvgIpc) is 3.43. The smallest absolute Gasteiger partial charge is 0.472 e. The molecule has 5 N–H and O–H groups in total. The zero-order chi connectivity index (χ0) is 37.0. The van der Waals surface area contributed by atoms with E-state index < -0.39 is 82.6 Å². The van der Waals surface area contributed by atoms with E-state index in [0.717, 1.165) is 25.7 Å². The van der Waals surface area contributed by atoms with Crippen molar-refractivity contribution in [2.45, 2.75) is 141 Å². The van der Waals surface area contributed by atoms with Gasteiger partial charge in [-0.1, -0.05) is 103 Å². The summed E-state index contributed by atoms with van der Waals surface area (Å²) >= 11 is 0. The van der Waals surface area contributed by atoms with Crippen LogP contribution in [0.1, 0.15) is 122 Å². The van der Waals surface area contributed by atoms with Crippen molar-refractivity contribution in [1.29, 1.82) is 0 Å². The molecule has 6 atom stereocenters. The van der Waals surface area contributed by atoms with Gasteiger partial charge in [0.05, 0.1) is 32.1 Å². The average molecular weight is 784 g/mol. The molecule has 16 nitrogen and oxygen atoms in total. The fourth-order valence-electron chi connectivity index (χ4n) is 5.38. The first-order valence-corrected chi connectivity index (χ1v) is 20.6. The molecular weight excluding hydrogens is 728 g/mol. The molecule has 0 aromatic carbocycles. The van der Waals surface area contributed by atoms with Gasteiger partial charge in [0.25, 0.3) is 5.56 Å². The standard InChI is InChI=1S/C31H55FN2O14P2.Na/c1-2-3-4-5-6-7-8-9-10-11-12-13-14-15-16-17-18-44-24(21-45-49(40,41)31(38)39)22-46-50(42,43)47-23-27-26(35)19-28(48-27)34-20-25(32)29(36)33-30(34)37;/h20,24,26-28,35H,2-19,21-23H2,1H3,(H,38,39)(H,40,41)(H,42,43)(H,33,36,37);/q;+1. The second kappa shape index (κ2) is 26.1. The molecule has 0 bridgehead atoms. The number of carboxylic acid groups (broad SMARTS) is 1. The SMILES string of the molecule is CCCCCCCCCCCCCCCCCCOC(COP(=O)(O)OCC1OC(n2cc(F)c(=O)[nH]c2=O)CC1O)COP(=O)(O)C(=O)O.[Na+]. The summed E-state index contributed by atoms with van der Waals surface area (Å²) in [5.74, 6) is -1.26. The Kier molecular flexibility index (Phi) is 24.7. The van der Waals surface area contributed by atoms with Gasteiger partial charge in [-0.2, -0.15) is 4.39 Å². The molecule has 0 saturated carbocycles. The molecular formula is C31H55FN2NaO14P2+. The molecule has 0 amide bonds. The van der Waals surface area contributed by atoms with Crippen LogP contribution in [0.15, 0.2) is 15.8 Å². The van der Waals surface area contributed by atoms with Crippen molar-refractivity contribution in [3.05, 3.63) is 32.9 Å². The van der Waals surface area contributed by atoms with E-state index in [0.29, 0.717) is 17.2 Å². The number of phosphoric ester groups is 1. The molecule has 1 aliphatic rings. The second-order valence-electron chi connectivity index (χ2n) is 12.5. The Bertz CT molecular complexity index is 1350. The van der Waals surface area contributed by atoms with Crippen molar-refractivity contribution >= 4 is 21.1 Å². The van der Waals surface area contributed by atoms with Crippen LogP contribution >= 0.6 is 15.4 Å². The molecule has 20 heteroatoms. The topological polar surface area (TPSA) is 233 Å². The van der Waals surface area contributed by atoms with Crippen molar-refractivity contribution in [1.82, 2.24) is 9.55 Å². The maximum atomic E-state index is 13.7. The summed E-state index contributed by atoms with van der Waals surface area (Å²) in [5.41, 5.74) is -4.30. The summed E-state index contributed by atoms with van der Waals surface area (Å²) in [6.07, 6.45) is 14.3. The zero-order valence-electron chi connectivity index (χ0n) is 29.8. The second-order valence-corrected chi connectivity index (χ2v) is 15.7. The number of nitrogens with one attached hydrogen (secondary N) is 1. The molecule has 2 rings (SSSR count). The predicted octanol–water partition coefficient (Wildman–Crippen LogP) is 2.99. The maximum Gasteiger partial charge on any atom is 1.00 e. The number of hydrogen-bond acceptors (Lipinski definition) is 11. The quantitative estimate of drug-likeness (QED) is 0.0447. The van der Waals surface area contributed by atoms with Crippen LogP contribution in [0.3, 0.4) is 0 Å². The molecule has 290 valence electrons. The number of ether oxygens (including phenoxy) is 2. The van der Waals surface area contributed by atoms with Gasteiger partial charge in [0, 0.05) is 13.0 Å². The number of hydrogen-bond donors (Lipinski definition) is 5. The largest absolute Gasteiger partial charge is 1.00 e. The Morgan fingerprint density at radius 3 is 1.96 bits per heavy atom. The summed E-state index contributed by atoms with van der Waals surface area (Å²) < 4.78 is 64.1. The van der Waals surface area contributed by atoms with Gasteiger partial charge < -0.3 is 29.5 Å². The van der Waals surface area contributed by atoms with E-state index in [1.807, 2.05) is 0 Å². The van der Waals surface area contributed by atoms with Gasteiger partial charge in [-0.3, -0.25) is 27.9 Å². The van der Waals surface area contributed by atoms with E-state index in [1.165, 1.54) is 70.6 Å². The number of carbonyl (C=O) groups is 1. The monoisotopic (exact) mass is 783 g/mol. The van der Waals surface area contributed by atoms with Crippen LogP contribution in [0.25, 0.3) is 0 Å². The molecule has 2 heterocycles. The number of halogens is 1. The third kappa shape index (κ3) is 19.9. The van der Waals surface area contributed by atoms with Crippen molar-refractivity contribution in [2.75, 3.05) is 26.4 Å². The molecule has 1 aromatic rings. The van der Waals surface area contributed by atoms with Gasteiger partial charge in [-0.05, 0) is 6.42 Å². The molecule has 1 aliphatic heterocycles. The van der Waals surface area contributed by atoms with Crippen LogP contribution in [0.5, 0.6) is 0 Å². The summed E-state index contributed by atoms with van der Waals surface area (Å²) in [5, 5.41) is 19.2. The van der Waals surface area contributed by atoms with Crippen molar-refractivity contribution < 1.29 is 90.9 Å². The van der Waals surface area contributed by atoms with Crippen LogP contribution in [0.2, 0.25) is 0 Å². The zero-order valence-corrected chi connectivity index (χ0v) is 33.6. The minimum atomic E-state index is -5.03. The first kappa shape index (κ1) is 48.2. The van der Waals surface area contributed by atoms with Crippen molar-refractivity contribution in [3.63, 3.8) is 0 Å². The maximum absolute atomic E-state index is 13.7. The Balaban J connectivity index is 0.0000130. The van der Waals surface area contributed by atoms with Crippen LogP contribution in [0.4, 0.5) is 9.18 Å². The Morgan fingerprint density at radius 2 is 1.43 bits per heavy atom. The van der Waals surface area contributed by atoms with Gasteiger partial charge >= 0.3 is 56.4 Å². The normalized spacial score (nSPS) is 20.4. The summed E-state index contributed by atoms with van der Waals surface area (Å²) in [7, 11) is -9.88. The Morgan fingerprint density at radius 1 is 0.922 bits per heavy atom. The van der Waals surface area contributed by atoms with Crippen molar-refractivity contribution in [3.8, 4) is 0 Å². The van der Waals surface area contributed by atoms with E-state index in [4.69, 9.17) is 23.6 Å². The minimum absolute atomic E-state index is 0. The summed E-state index contributed by atoms with van der Waals surface area (Å²) in [4.78, 5) is 55.7. The molecule has 0 radical (unpaired) electrons. The van der Waals surface area contributed by atoms with E-state index in [9.17, 15) is 42.8 Å². The molecule has 51 heavy (non-hydrogen) atoms. The Labute approximate surface area is 320 Å². The number of unbranched alkanes of at least 4 members (excludes halogenated alkanes) is 15. The molecule has 0 spiro atoms. The van der Waals surface area contributed by atoms with Gasteiger partial charge in [0.1, 0.15) is 18.4 Å². The minimum Gasteiger partial charge on any atom is -0.472 e. The van der Waals surface area contributed by atoms with E-state index in [1.54, 1.807) is 4.98 Å². The van der Waals surface area contributed by atoms with Gasteiger partial charge in [0.2, 0.25) is 5.82 Å². The fraction of sp³-hybridized carbons (Fsp3) is 0.839. The molecule has 1 aromatic heterocycles. The summed E-state index contributed by atoms with van der Waals surface area (Å²) in [6, 6.07) is 0. The number of aromatic amines is 1. The molecule has 6 unspecified atom stereocenters. The number of aliphatic hydroxyl groups is 1. The predicted molar refractivity (Wildman–Crippen MR) is 181 cm³/mol. The van der Waals surface area contributed by atoms with Gasteiger partial charge in [-0.15, -0.1) is 0 Å². The number of nitrogens with zero attached hydrogens (tertiary/aromatic N) is 1. The third-order valence-electron chi connectivity index (χ3n) is 8.29. The van der Waals surface area contributed by atoms with Crippen molar-refractivity contribution in [2.24, 2.45) is 0 Å². The van der Waals surface area contributed by atoms with E-state index >= 15 is 0 Å². The number of rotatable bonds is 29. The first-order valence-electron chi connectivity index (χ1n) is 17.5. The number of aliphatic hydroxyl groups excluding tert-OH is 1. The number of H-pyrrole nitrogens is 1. The van der Waals surface area contributed by atoms with E-state index in [2.05, 4.69) is 11.4 Å². The molecule has 0 aliphatic carbocycles. The summed E-state index contributed by atoms with van der Waals surface area (Å²) in [6.45, 7) is 0.248.